The normalized spacial score (nSPS) is 18.5. The monoisotopic (exact) mass is 564 g/mol. The number of benzene rings is 1. The molecular formula is C30H43F3N4O3. The minimum atomic E-state index is -4.80. The van der Waals surface area contributed by atoms with Crippen molar-refractivity contribution < 1.29 is 22.8 Å². The predicted octanol–water partition coefficient (Wildman–Crippen LogP) is 7.89. The lowest BCUT2D eigenvalue weighted by molar-refractivity contribution is -0.388. The van der Waals surface area contributed by atoms with Crippen LogP contribution >= 0.6 is 0 Å². The summed E-state index contributed by atoms with van der Waals surface area (Å²) in [5, 5.41) is 14.1. The maximum absolute atomic E-state index is 13.3. The molecule has 0 radical (unpaired) electrons. The SMILES string of the molecule is CCCN(CCC)CCC(C)CCc1cccc(O[C@H]2CC[C@H](Nc3ccc([N+](=O)[O-])c(C(F)(F)F)c3)CC2)n1. The van der Waals surface area contributed by atoms with Crippen LogP contribution in [0.15, 0.2) is 36.4 Å². The number of pyridine rings is 1. The van der Waals surface area contributed by atoms with Gasteiger partial charge in [-0.25, -0.2) is 4.98 Å². The highest BCUT2D eigenvalue weighted by Crippen LogP contribution is 2.38. The Morgan fingerprint density at radius 3 is 2.40 bits per heavy atom. The van der Waals surface area contributed by atoms with Crippen molar-refractivity contribution in [2.45, 2.75) is 96.9 Å². The molecule has 1 saturated carbocycles. The highest BCUT2D eigenvalue weighted by atomic mass is 19.4. The number of alkyl halides is 3. The highest BCUT2D eigenvalue weighted by molar-refractivity contribution is 5.55. The largest absolute Gasteiger partial charge is 0.474 e. The van der Waals surface area contributed by atoms with Crippen molar-refractivity contribution in [3.8, 4) is 5.88 Å². The molecule has 2 aromatic rings. The van der Waals surface area contributed by atoms with Crippen LogP contribution in [0.4, 0.5) is 24.5 Å². The first-order chi connectivity index (χ1) is 19.1. The Hall–Kier alpha value is -2.88. The molecule has 0 spiro atoms. The molecule has 0 amide bonds. The minimum Gasteiger partial charge on any atom is -0.474 e. The summed E-state index contributed by atoms with van der Waals surface area (Å²) in [6.45, 7) is 10.2. The van der Waals surface area contributed by atoms with Crippen LogP contribution in [-0.4, -0.2) is 46.6 Å². The third kappa shape index (κ3) is 9.94. The number of hydrogen-bond acceptors (Lipinski definition) is 6. The maximum Gasteiger partial charge on any atom is 0.423 e. The second kappa shape index (κ2) is 15.2. The van der Waals surface area contributed by atoms with Gasteiger partial charge in [-0.2, -0.15) is 13.2 Å². The van der Waals surface area contributed by atoms with Crippen molar-refractivity contribution in [3.63, 3.8) is 0 Å². The molecule has 1 heterocycles. The lowest BCUT2D eigenvalue weighted by Crippen LogP contribution is -2.31. The molecule has 10 heteroatoms. The lowest BCUT2D eigenvalue weighted by Gasteiger charge is -2.30. The number of aryl methyl sites for hydroxylation is 1. The zero-order valence-corrected chi connectivity index (χ0v) is 23.9. The maximum atomic E-state index is 13.3. The Morgan fingerprint density at radius 1 is 1.07 bits per heavy atom. The van der Waals surface area contributed by atoms with Crippen LogP contribution in [0.25, 0.3) is 0 Å². The smallest absolute Gasteiger partial charge is 0.423 e. The molecule has 1 aromatic heterocycles. The number of nitrogens with one attached hydrogen (secondary N) is 1. The summed E-state index contributed by atoms with van der Waals surface area (Å²) in [4.78, 5) is 17.3. The molecule has 0 bridgehead atoms. The summed E-state index contributed by atoms with van der Waals surface area (Å²) in [6, 6.07) is 8.93. The van der Waals surface area contributed by atoms with Crippen LogP contribution in [0.2, 0.25) is 0 Å². The van der Waals surface area contributed by atoms with E-state index in [4.69, 9.17) is 9.72 Å². The fourth-order valence-electron chi connectivity index (χ4n) is 5.32. The first-order valence-electron chi connectivity index (χ1n) is 14.6. The molecule has 0 aliphatic heterocycles. The number of rotatable bonds is 15. The van der Waals surface area contributed by atoms with Gasteiger partial charge < -0.3 is 15.0 Å². The van der Waals surface area contributed by atoms with Crippen molar-refractivity contribution in [1.82, 2.24) is 9.88 Å². The molecule has 40 heavy (non-hydrogen) atoms. The molecular weight excluding hydrogens is 521 g/mol. The Balaban J connectivity index is 1.45. The van der Waals surface area contributed by atoms with Gasteiger partial charge in [0, 0.05) is 29.6 Å². The van der Waals surface area contributed by atoms with Gasteiger partial charge in [-0.15, -0.1) is 0 Å². The van der Waals surface area contributed by atoms with E-state index < -0.39 is 22.4 Å². The summed E-state index contributed by atoms with van der Waals surface area (Å²) in [7, 11) is 0. The number of nitro groups is 1. The van der Waals surface area contributed by atoms with Crippen LogP contribution in [0, 0.1) is 16.0 Å². The molecule has 1 fully saturated rings. The van der Waals surface area contributed by atoms with Crippen molar-refractivity contribution in [1.29, 1.82) is 0 Å². The summed E-state index contributed by atoms with van der Waals surface area (Å²) >= 11 is 0. The van der Waals surface area contributed by atoms with E-state index in [1.165, 1.54) is 25.3 Å². The molecule has 222 valence electrons. The van der Waals surface area contributed by atoms with E-state index in [-0.39, 0.29) is 17.8 Å². The second-order valence-corrected chi connectivity index (χ2v) is 11.0. The van der Waals surface area contributed by atoms with E-state index in [2.05, 4.69) is 31.0 Å². The van der Waals surface area contributed by atoms with Crippen LogP contribution in [0.3, 0.4) is 0 Å². The highest BCUT2D eigenvalue weighted by Gasteiger charge is 2.38. The Labute approximate surface area is 235 Å². The average Bonchev–Trinajstić information content (AvgIpc) is 2.91. The zero-order valence-electron chi connectivity index (χ0n) is 23.9. The number of anilines is 1. The number of nitro benzene ring substituents is 1. The van der Waals surface area contributed by atoms with Gasteiger partial charge in [0.1, 0.15) is 11.7 Å². The first-order valence-corrected chi connectivity index (χ1v) is 14.6. The van der Waals surface area contributed by atoms with Crippen molar-refractivity contribution >= 4 is 11.4 Å². The van der Waals surface area contributed by atoms with E-state index in [0.717, 1.165) is 63.1 Å². The average molecular weight is 565 g/mol. The van der Waals surface area contributed by atoms with Crippen LogP contribution in [0.5, 0.6) is 5.88 Å². The molecule has 1 aliphatic rings. The molecule has 7 nitrogen and oxygen atoms in total. The van der Waals surface area contributed by atoms with Gasteiger partial charge >= 0.3 is 6.18 Å². The van der Waals surface area contributed by atoms with Gasteiger partial charge in [0.2, 0.25) is 5.88 Å². The summed E-state index contributed by atoms with van der Waals surface area (Å²) < 4.78 is 46.1. The molecule has 1 aromatic carbocycles. The van der Waals surface area contributed by atoms with Crippen LogP contribution < -0.4 is 10.1 Å². The Kier molecular flexibility index (Phi) is 12.0. The van der Waals surface area contributed by atoms with Crippen LogP contribution in [-0.2, 0) is 12.6 Å². The van der Waals surface area contributed by atoms with E-state index in [9.17, 15) is 23.3 Å². The van der Waals surface area contributed by atoms with Crippen molar-refractivity contribution in [2.24, 2.45) is 5.92 Å². The van der Waals surface area contributed by atoms with Crippen molar-refractivity contribution in [3.05, 3.63) is 57.8 Å². The fraction of sp³-hybridized carbons (Fsp3) is 0.633. The van der Waals surface area contributed by atoms with E-state index >= 15 is 0 Å². The van der Waals surface area contributed by atoms with Gasteiger partial charge in [0.05, 0.1) is 4.92 Å². The molecule has 1 aliphatic carbocycles. The topological polar surface area (TPSA) is 80.5 Å². The summed E-state index contributed by atoms with van der Waals surface area (Å²) in [6.07, 6.45) is 3.66. The van der Waals surface area contributed by atoms with E-state index in [1.807, 2.05) is 18.2 Å². The fourth-order valence-corrected chi connectivity index (χ4v) is 5.32. The van der Waals surface area contributed by atoms with Gasteiger partial charge in [0.15, 0.2) is 0 Å². The third-order valence-corrected chi connectivity index (χ3v) is 7.52. The van der Waals surface area contributed by atoms with Gasteiger partial charge in [-0.3, -0.25) is 10.1 Å². The Morgan fingerprint density at radius 2 is 1.77 bits per heavy atom. The molecule has 1 N–H and O–H groups in total. The quantitative estimate of drug-likeness (QED) is 0.175. The molecule has 0 saturated heterocycles. The standard InChI is InChI=1S/C30H43F3N4O3/c1-4-18-36(19-5-2)20-17-22(3)9-10-23-7-6-8-29(35-23)40-26-14-11-24(12-15-26)34-25-13-16-28(37(38)39)27(21-25)30(31,32)33/h6-8,13,16,21-22,24,26,34H,4-5,9-12,14-15,17-20H2,1-3H3/t22?,24-,26-. The number of ether oxygens (including phenoxy) is 1. The molecule has 1 atom stereocenters. The molecule has 1 unspecified atom stereocenters. The predicted molar refractivity (Wildman–Crippen MR) is 152 cm³/mol. The molecule has 3 rings (SSSR count). The third-order valence-electron chi connectivity index (χ3n) is 7.52. The number of nitrogens with zero attached hydrogens (tertiary/aromatic N) is 3. The number of aromatic nitrogens is 1. The van der Waals surface area contributed by atoms with Gasteiger partial charge in [-0.1, -0.05) is 26.8 Å². The van der Waals surface area contributed by atoms with E-state index in [1.54, 1.807) is 0 Å². The van der Waals surface area contributed by atoms with E-state index in [0.29, 0.717) is 24.6 Å². The minimum absolute atomic E-state index is 0.00886. The summed E-state index contributed by atoms with van der Waals surface area (Å²) in [5.41, 5.74) is -0.925. The summed E-state index contributed by atoms with van der Waals surface area (Å²) in [5.74, 6) is 1.23. The Bertz CT molecular complexity index is 1070. The zero-order chi connectivity index (χ0) is 29.1. The van der Waals surface area contributed by atoms with Gasteiger partial charge in [-0.05, 0) is 102 Å². The van der Waals surface area contributed by atoms with Gasteiger partial charge in [0.25, 0.3) is 5.69 Å². The second-order valence-electron chi connectivity index (χ2n) is 11.0. The number of halogens is 3. The first kappa shape index (κ1) is 31.6. The van der Waals surface area contributed by atoms with Crippen molar-refractivity contribution in [2.75, 3.05) is 25.0 Å². The number of hydrogen-bond donors (Lipinski definition) is 1. The lowest BCUT2D eigenvalue weighted by atomic mass is 9.92. The van der Waals surface area contributed by atoms with Crippen LogP contribution in [0.1, 0.15) is 83.4 Å².